The summed E-state index contributed by atoms with van der Waals surface area (Å²) in [6.07, 6.45) is 35.8. The van der Waals surface area contributed by atoms with Gasteiger partial charge in [0.25, 0.3) is 0 Å². The van der Waals surface area contributed by atoms with Gasteiger partial charge in [-0.05, 0) is 32.1 Å². The van der Waals surface area contributed by atoms with E-state index in [9.17, 15) is 0 Å². The Balaban J connectivity index is 5.30. The summed E-state index contributed by atoms with van der Waals surface area (Å²) in [5.41, 5.74) is 0.946. The van der Waals surface area contributed by atoms with Crippen LogP contribution in [0.3, 0.4) is 0 Å². The van der Waals surface area contributed by atoms with E-state index < -0.39 is 0 Å². The van der Waals surface area contributed by atoms with Crippen LogP contribution in [0.2, 0.25) is 0 Å². The Morgan fingerprint density at radius 2 is 0.611 bits per heavy atom. The average Bonchev–Trinajstić information content (AvgIpc) is 2.85. The fourth-order valence-corrected chi connectivity index (χ4v) is 7.38. The zero-order valence-electron chi connectivity index (χ0n) is 27.1. The number of unbranched alkanes of at least 4 members (excludes halogenated alkanes) is 15. The van der Waals surface area contributed by atoms with E-state index in [1.165, 1.54) is 165 Å². The smallest absolute Gasteiger partial charge is 0.104 e. The minimum atomic E-state index is 0.432. The molecule has 218 valence electrons. The van der Waals surface area contributed by atoms with E-state index in [0.29, 0.717) is 11.0 Å². The molecule has 0 atom stereocenters. The van der Waals surface area contributed by atoms with Gasteiger partial charge in [-0.3, -0.25) is 0 Å². The maximum atomic E-state index is 2.56. The van der Waals surface area contributed by atoms with Crippen molar-refractivity contribution in [2.45, 2.75) is 201 Å². The van der Waals surface area contributed by atoms with E-state index in [1.54, 1.807) is 0 Å². The largest absolute Gasteiger partial charge is 0.326 e. The van der Waals surface area contributed by atoms with Gasteiger partial charge in [0.1, 0.15) is 5.54 Å². The Labute approximate surface area is 231 Å². The second kappa shape index (κ2) is 21.8. The highest BCUT2D eigenvalue weighted by molar-refractivity contribution is 5.00. The van der Waals surface area contributed by atoms with Gasteiger partial charge in [-0.2, -0.15) is 0 Å². The molecule has 0 amide bonds. The number of hydrogen-bond donors (Lipinski definition) is 0. The molecule has 0 heterocycles. The van der Waals surface area contributed by atoms with E-state index in [-0.39, 0.29) is 0 Å². The van der Waals surface area contributed by atoms with Gasteiger partial charge in [0.15, 0.2) is 0 Å². The molecule has 0 saturated heterocycles. The fourth-order valence-electron chi connectivity index (χ4n) is 7.38. The number of rotatable bonds is 27. The normalized spacial score (nSPS) is 13.0. The van der Waals surface area contributed by atoms with E-state index in [1.807, 2.05) is 0 Å². The van der Waals surface area contributed by atoms with Gasteiger partial charge in [-0.25, -0.2) is 0 Å². The van der Waals surface area contributed by atoms with Crippen molar-refractivity contribution in [3.05, 3.63) is 0 Å². The lowest BCUT2D eigenvalue weighted by atomic mass is 9.56. The Kier molecular flexibility index (Phi) is 21.8. The van der Waals surface area contributed by atoms with E-state index in [0.717, 1.165) is 0 Å². The fraction of sp³-hybridized carbons (Fsp3) is 1.00. The predicted octanol–water partition coefficient (Wildman–Crippen LogP) is 12.3. The zero-order valence-corrected chi connectivity index (χ0v) is 27.1. The molecule has 0 aromatic carbocycles. The molecular weight excluding hydrogens is 434 g/mol. The molecule has 0 aliphatic rings. The average molecular weight is 509 g/mol. The molecule has 1 heteroatoms. The van der Waals surface area contributed by atoms with Crippen LogP contribution in [0.15, 0.2) is 0 Å². The molecular formula is C35H74N+. The highest BCUT2D eigenvalue weighted by Gasteiger charge is 2.56. The van der Waals surface area contributed by atoms with Crippen molar-refractivity contribution in [2.75, 3.05) is 21.1 Å². The molecule has 0 rings (SSSR count). The molecule has 0 aromatic rings. The number of quaternary nitrogens is 1. The van der Waals surface area contributed by atoms with Crippen LogP contribution in [0.4, 0.5) is 0 Å². The predicted molar refractivity (Wildman–Crippen MR) is 167 cm³/mol. The first-order valence-electron chi connectivity index (χ1n) is 17.1. The van der Waals surface area contributed by atoms with Gasteiger partial charge in [0, 0.05) is 18.3 Å². The van der Waals surface area contributed by atoms with E-state index in [4.69, 9.17) is 0 Å². The van der Waals surface area contributed by atoms with Crippen LogP contribution in [0.5, 0.6) is 0 Å². The number of nitrogens with zero attached hydrogens (tertiary/aromatic N) is 1. The first kappa shape index (κ1) is 36.0. The summed E-state index contributed by atoms with van der Waals surface area (Å²) < 4.78 is 1.17. The highest BCUT2D eigenvalue weighted by Crippen LogP contribution is 2.55. The van der Waals surface area contributed by atoms with Crippen molar-refractivity contribution < 1.29 is 4.48 Å². The molecule has 0 aliphatic heterocycles. The lowest BCUT2D eigenvalue weighted by Gasteiger charge is -2.59. The topological polar surface area (TPSA) is 0 Å². The van der Waals surface area contributed by atoms with Crippen LogP contribution in [0.25, 0.3) is 0 Å². The summed E-state index contributed by atoms with van der Waals surface area (Å²) in [4.78, 5) is 0. The van der Waals surface area contributed by atoms with Crippen molar-refractivity contribution >= 4 is 0 Å². The summed E-state index contributed by atoms with van der Waals surface area (Å²) in [6.45, 7) is 12.0. The van der Waals surface area contributed by atoms with Crippen molar-refractivity contribution in [3.63, 3.8) is 0 Å². The molecule has 0 radical (unpaired) electrons. The first-order valence-corrected chi connectivity index (χ1v) is 17.1. The molecule has 0 aromatic heterocycles. The molecule has 0 bridgehead atoms. The third-order valence-corrected chi connectivity index (χ3v) is 9.69. The molecule has 0 saturated carbocycles. The SMILES string of the molecule is CCCCCCCCCCCCCCC(CCCC)(CCCC)C(CCCC)(CCCC)[N+](C)(C)C. The van der Waals surface area contributed by atoms with Gasteiger partial charge < -0.3 is 4.48 Å². The minimum absolute atomic E-state index is 0.432. The van der Waals surface area contributed by atoms with Crippen molar-refractivity contribution in [1.29, 1.82) is 0 Å². The van der Waals surface area contributed by atoms with Gasteiger partial charge in [0.2, 0.25) is 0 Å². The van der Waals surface area contributed by atoms with E-state index >= 15 is 0 Å². The summed E-state index contributed by atoms with van der Waals surface area (Å²) in [6, 6.07) is 0. The van der Waals surface area contributed by atoms with Crippen molar-refractivity contribution in [1.82, 2.24) is 0 Å². The second-order valence-corrected chi connectivity index (χ2v) is 13.4. The maximum Gasteiger partial charge on any atom is 0.104 e. The lowest BCUT2D eigenvalue weighted by molar-refractivity contribution is -0.935. The quantitative estimate of drug-likeness (QED) is 0.0764. The molecule has 0 aliphatic carbocycles. The maximum absolute atomic E-state index is 2.56. The Hall–Kier alpha value is -0.0400. The highest BCUT2D eigenvalue weighted by atomic mass is 15.4. The van der Waals surface area contributed by atoms with Crippen LogP contribution in [0.1, 0.15) is 195 Å². The van der Waals surface area contributed by atoms with Crippen LogP contribution in [-0.2, 0) is 0 Å². The standard InChI is InChI=1S/C35H74N/c1-9-14-19-20-21-22-23-24-25-26-27-28-31-34(29-15-10-2,30-16-11-3)35(32-17-12-4,33-18-13-5)36(6,7)8/h9-33H2,1-8H3/q+1. The third-order valence-electron chi connectivity index (χ3n) is 9.69. The Morgan fingerprint density at radius 3 is 0.944 bits per heavy atom. The second-order valence-electron chi connectivity index (χ2n) is 13.4. The summed E-state index contributed by atoms with van der Waals surface area (Å²) in [7, 11) is 7.67. The third kappa shape index (κ3) is 13.2. The molecule has 0 spiro atoms. The molecule has 0 N–H and O–H groups in total. The van der Waals surface area contributed by atoms with Crippen molar-refractivity contribution in [2.24, 2.45) is 5.41 Å². The van der Waals surface area contributed by atoms with Crippen LogP contribution >= 0.6 is 0 Å². The first-order chi connectivity index (χ1) is 17.3. The summed E-state index contributed by atoms with van der Waals surface area (Å²) in [5, 5.41) is 0. The molecule has 36 heavy (non-hydrogen) atoms. The Bertz CT molecular complexity index is 444. The van der Waals surface area contributed by atoms with Crippen LogP contribution < -0.4 is 0 Å². The van der Waals surface area contributed by atoms with Gasteiger partial charge in [-0.15, -0.1) is 0 Å². The monoisotopic (exact) mass is 509 g/mol. The van der Waals surface area contributed by atoms with Gasteiger partial charge >= 0.3 is 0 Å². The Morgan fingerprint density at radius 1 is 0.333 bits per heavy atom. The van der Waals surface area contributed by atoms with Gasteiger partial charge in [-0.1, -0.05) is 150 Å². The zero-order chi connectivity index (χ0) is 27.2. The van der Waals surface area contributed by atoms with E-state index in [2.05, 4.69) is 55.8 Å². The molecule has 0 fully saturated rings. The van der Waals surface area contributed by atoms with Crippen LogP contribution in [0, 0.1) is 5.41 Å². The lowest BCUT2D eigenvalue weighted by Crippen LogP contribution is -2.66. The number of hydrogen-bond acceptors (Lipinski definition) is 0. The summed E-state index contributed by atoms with van der Waals surface area (Å²) in [5.74, 6) is 0. The van der Waals surface area contributed by atoms with Crippen molar-refractivity contribution in [3.8, 4) is 0 Å². The van der Waals surface area contributed by atoms with Crippen LogP contribution in [-0.4, -0.2) is 31.2 Å². The minimum Gasteiger partial charge on any atom is -0.326 e. The molecule has 1 nitrogen and oxygen atoms in total. The summed E-state index contributed by atoms with van der Waals surface area (Å²) >= 11 is 0. The van der Waals surface area contributed by atoms with Gasteiger partial charge in [0.05, 0.1) is 21.1 Å². The molecule has 0 unspecified atom stereocenters.